The van der Waals surface area contributed by atoms with Crippen molar-refractivity contribution in [3.8, 4) is 11.3 Å². The van der Waals surface area contributed by atoms with E-state index in [4.69, 9.17) is 16.6 Å². The lowest BCUT2D eigenvalue weighted by Crippen LogP contribution is -2.28. The third-order valence-corrected chi connectivity index (χ3v) is 5.07. The van der Waals surface area contributed by atoms with Gasteiger partial charge in [0.1, 0.15) is 15.8 Å². The van der Waals surface area contributed by atoms with Crippen LogP contribution in [0.3, 0.4) is 0 Å². The van der Waals surface area contributed by atoms with Crippen molar-refractivity contribution >= 4 is 40.3 Å². The number of carbonyl (C=O) groups excluding carboxylic acids is 1. The van der Waals surface area contributed by atoms with E-state index in [0.717, 1.165) is 18.6 Å². The first-order valence-electron chi connectivity index (χ1n) is 7.82. The van der Waals surface area contributed by atoms with Gasteiger partial charge >= 0.3 is 6.18 Å². The highest BCUT2D eigenvalue weighted by Crippen LogP contribution is 2.35. The van der Waals surface area contributed by atoms with Crippen LogP contribution in [0.15, 0.2) is 45.7 Å². The summed E-state index contributed by atoms with van der Waals surface area (Å²) < 4.78 is 44.6. The van der Waals surface area contributed by atoms with E-state index in [1.54, 1.807) is 24.3 Å². The fourth-order valence-corrected chi connectivity index (χ4v) is 3.77. The van der Waals surface area contributed by atoms with E-state index < -0.39 is 11.7 Å². The van der Waals surface area contributed by atoms with Gasteiger partial charge in [-0.2, -0.15) is 13.2 Å². The summed E-state index contributed by atoms with van der Waals surface area (Å²) in [5, 5.41) is 0. The molecule has 1 aromatic heterocycles. The van der Waals surface area contributed by atoms with Gasteiger partial charge in [0.05, 0.1) is 10.5 Å². The number of rotatable bonds is 4. The molecule has 136 valence electrons. The van der Waals surface area contributed by atoms with E-state index >= 15 is 0 Å². The van der Waals surface area contributed by atoms with Crippen LogP contribution in [0.2, 0.25) is 0 Å². The summed E-state index contributed by atoms with van der Waals surface area (Å²) in [5.41, 5.74) is -0.425. The lowest BCUT2D eigenvalue weighted by molar-refractivity contribution is -0.137. The van der Waals surface area contributed by atoms with Crippen molar-refractivity contribution in [2.75, 3.05) is 6.54 Å². The number of thiocarbonyl (C=S) groups is 1. The summed E-state index contributed by atoms with van der Waals surface area (Å²) >= 11 is 6.38. The molecule has 0 spiro atoms. The fourth-order valence-electron chi connectivity index (χ4n) is 2.48. The number of thioether (sulfide) groups is 1. The molecule has 1 amide bonds. The van der Waals surface area contributed by atoms with E-state index in [1.165, 1.54) is 22.7 Å². The Morgan fingerprint density at radius 2 is 2.04 bits per heavy atom. The quantitative estimate of drug-likeness (QED) is 0.498. The largest absolute Gasteiger partial charge is 0.457 e. The molecule has 1 saturated heterocycles. The molecule has 1 aliphatic rings. The van der Waals surface area contributed by atoms with Crippen molar-refractivity contribution in [1.82, 2.24) is 4.90 Å². The first-order chi connectivity index (χ1) is 12.3. The van der Waals surface area contributed by atoms with Crippen LogP contribution in [0.4, 0.5) is 13.2 Å². The number of benzene rings is 1. The molecule has 3 rings (SSSR count). The van der Waals surface area contributed by atoms with Crippen LogP contribution in [0.1, 0.15) is 24.7 Å². The van der Waals surface area contributed by atoms with Crippen LogP contribution in [-0.4, -0.2) is 21.7 Å². The van der Waals surface area contributed by atoms with E-state index in [1.807, 2.05) is 6.92 Å². The normalized spacial score (nSPS) is 16.8. The molecule has 0 aliphatic carbocycles. The van der Waals surface area contributed by atoms with Gasteiger partial charge < -0.3 is 4.42 Å². The molecule has 2 aromatic rings. The standard InChI is InChI=1S/C18H14F3NO2S2/c1-2-8-22-16(23)15(26-17(22)25)10-13-6-7-14(24-13)11-4-3-5-12(9-11)18(19,20)21/h3-7,9-10H,2,8H2,1H3/b15-10-. The van der Waals surface area contributed by atoms with Crippen LogP contribution < -0.4 is 0 Å². The van der Waals surface area contributed by atoms with Gasteiger partial charge in [-0.1, -0.05) is 43.0 Å². The number of carbonyl (C=O) groups is 1. The summed E-state index contributed by atoms with van der Waals surface area (Å²) in [6.07, 6.45) is -2.06. The van der Waals surface area contributed by atoms with Gasteiger partial charge in [0.15, 0.2) is 0 Å². The zero-order chi connectivity index (χ0) is 18.9. The summed E-state index contributed by atoms with van der Waals surface area (Å²) in [4.78, 5) is 14.3. The Balaban J connectivity index is 1.85. The number of halogens is 3. The Morgan fingerprint density at radius 1 is 1.27 bits per heavy atom. The van der Waals surface area contributed by atoms with Gasteiger partial charge in [0.2, 0.25) is 0 Å². The zero-order valence-electron chi connectivity index (χ0n) is 13.7. The molecular formula is C18H14F3NO2S2. The number of hydrogen-bond donors (Lipinski definition) is 0. The average Bonchev–Trinajstić information content (AvgIpc) is 3.15. The molecule has 1 fully saturated rings. The predicted octanol–water partition coefficient (Wildman–Crippen LogP) is 5.58. The Kier molecular flexibility index (Phi) is 5.24. The van der Waals surface area contributed by atoms with Crippen molar-refractivity contribution in [2.24, 2.45) is 0 Å². The van der Waals surface area contributed by atoms with E-state index in [0.29, 0.717) is 32.9 Å². The second-order valence-electron chi connectivity index (χ2n) is 5.61. The van der Waals surface area contributed by atoms with Gasteiger partial charge in [0.25, 0.3) is 5.91 Å². The maximum Gasteiger partial charge on any atom is 0.416 e. The Hall–Kier alpha value is -2.06. The third-order valence-electron chi connectivity index (χ3n) is 3.70. The van der Waals surface area contributed by atoms with Crippen molar-refractivity contribution in [2.45, 2.75) is 19.5 Å². The first-order valence-corrected chi connectivity index (χ1v) is 9.05. The molecule has 1 aliphatic heterocycles. The molecule has 2 heterocycles. The molecule has 0 unspecified atom stereocenters. The van der Waals surface area contributed by atoms with Crippen molar-refractivity contribution in [3.05, 3.63) is 52.6 Å². The molecule has 0 atom stereocenters. The Bertz CT molecular complexity index is 887. The summed E-state index contributed by atoms with van der Waals surface area (Å²) in [5.74, 6) is 0.500. The van der Waals surface area contributed by atoms with Gasteiger partial charge in [0, 0.05) is 18.2 Å². The molecule has 1 aromatic carbocycles. The number of nitrogens with zero attached hydrogens (tertiary/aromatic N) is 1. The Morgan fingerprint density at radius 3 is 2.73 bits per heavy atom. The molecular weight excluding hydrogens is 383 g/mol. The summed E-state index contributed by atoms with van der Waals surface area (Å²) in [6.45, 7) is 2.51. The molecule has 0 radical (unpaired) electrons. The highest BCUT2D eigenvalue weighted by molar-refractivity contribution is 8.26. The highest BCUT2D eigenvalue weighted by Gasteiger charge is 2.32. The average molecular weight is 397 g/mol. The minimum absolute atomic E-state index is 0.182. The second kappa shape index (κ2) is 7.28. The van der Waals surface area contributed by atoms with Crippen LogP contribution in [-0.2, 0) is 11.0 Å². The maximum absolute atomic E-state index is 12.8. The molecule has 0 saturated carbocycles. The van der Waals surface area contributed by atoms with Crippen LogP contribution in [0.5, 0.6) is 0 Å². The van der Waals surface area contributed by atoms with Crippen molar-refractivity contribution in [3.63, 3.8) is 0 Å². The minimum Gasteiger partial charge on any atom is -0.457 e. The molecule has 26 heavy (non-hydrogen) atoms. The minimum atomic E-state index is -4.42. The highest BCUT2D eigenvalue weighted by atomic mass is 32.2. The van der Waals surface area contributed by atoms with Crippen LogP contribution in [0, 0.1) is 0 Å². The molecule has 0 N–H and O–H groups in total. The van der Waals surface area contributed by atoms with E-state index in [2.05, 4.69) is 0 Å². The first kappa shape index (κ1) is 18.7. The second-order valence-corrected chi connectivity index (χ2v) is 7.29. The maximum atomic E-state index is 12.8. The van der Waals surface area contributed by atoms with Crippen molar-refractivity contribution < 1.29 is 22.4 Å². The molecule has 8 heteroatoms. The predicted molar refractivity (Wildman–Crippen MR) is 99.3 cm³/mol. The molecule has 3 nitrogen and oxygen atoms in total. The van der Waals surface area contributed by atoms with E-state index in [-0.39, 0.29) is 5.91 Å². The number of furan rings is 1. The summed E-state index contributed by atoms with van der Waals surface area (Å²) in [7, 11) is 0. The lowest BCUT2D eigenvalue weighted by atomic mass is 10.1. The monoisotopic (exact) mass is 397 g/mol. The number of alkyl halides is 3. The van der Waals surface area contributed by atoms with Gasteiger partial charge in [-0.15, -0.1) is 0 Å². The fraction of sp³-hybridized carbons (Fsp3) is 0.222. The smallest absolute Gasteiger partial charge is 0.416 e. The topological polar surface area (TPSA) is 33.5 Å². The van der Waals surface area contributed by atoms with Gasteiger partial charge in [-0.25, -0.2) is 0 Å². The zero-order valence-corrected chi connectivity index (χ0v) is 15.3. The Labute approximate surface area is 157 Å². The van der Waals surface area contributed by atoms with Crippen LogP contribution in [0.25, 0.3) is 17.4 Å². The third kappa shape index (κ3) is 3.86. The van der Waals surface area contributed by atoms with Gasteiger partial charge in [-0.3, -0.25) is 9.69 Å². The lowest BCUT2D eigenvalue weighted by Gasteiger charge is -2.11. The number of hydrogen-bond acceptors (Lipinski definition) is 4. The van der Waals surface area contributed by atoms with Crippen molar-refractivity contribution in [1.29, 1.82) is 0 Å². The van der Waals surface area contributed by atoms with Gasteiger partial charge in [-0.05, 0) is 30.7 Å². The molecule has 0 bridgehead atoms. The number of amides is 1. The van der Waals surface area contributed by atoms with E-state index in [9.17, 15) is 18.0 Å². The van der Waals surface area contributed by atoms with Crippen LogP contribution >= 0.6 is 24.0 Å². The summed E-state index contributed by atoms with van der Waals surface area (Å²) in [6, 6.07) is 8.10. The SMILES string of the molecule is CCCN1C(=O)/C(=C/c2ccc(-c3cccc(C(F)(F)F)c3)o2)SC1=S.